The molecule has 0 unspecified atom stereocenters. The van der Waals surface area contributed by atoms with Crippen molar-refractivity contribution in [1.29, 1.82) is 0 Å². The van der Waals surface area contributed by atoms with E-state index in [2.05, 4.69) is 10.3 Å². The number of rotatable bonds is 2. The fourth-order valence-electron chi connectivity index (χ4n) is 1.83. The highest BCUT2D eigenvalue weighted by molar-refractivity contribution is 5.84. The number of nitrogens with two attached hydrogens (primary N) is 1. The first-order valence-corrected chi connectivity index (χ1v) is 4.59. The minimum Gasteiger partial charge on any atom is -0.476 e. The van der Waals surface area contributed by atoms with Gasteiger partial charge in [0, 0.05) is 6.04 Å². The molecule has 1 aromatic heterocycles. The Morgan fingerprint density at radius 3 is 2.93 bits per heavy atom. The molecule has 0 amide bonds. The van der Waals surface area contributed by atoms with Gasteiger partial charge in [-0.1, -0.05) is 5.21 Å². The van der Waals surface area contributed by atoms with E-state index < -0.39 is 5.97 Å². The van der Waals surface area contributed by atoms with Gasteiger partial charge in [0.2, 0.25) is 0 Å². The van der Waals surface area contributed by atoms with Crippen molar-refractivity contribution >= 4 is 5.97 Å². The summed E-state index contributed by atoms with van der Waals surface area (Å²) < 4.78 is 1.57. The van der Waals surface area contributed by atoms with Crippen molar-refractivity contribution in [3.05, 3.63) is 11.9 Å². The van der Waals surface area contributed by atoms with Gasteiger partial charge >= 0.3 is 5.97 Å². The summed E-state index contributed by atoms with van der Waals surface area (Å²) in [5.74, 6) is -1.05. The first-order chi connectivity index (χ1) is 6.68. The van der Waals surface area contributed by atoms with Crippen molar-refractivity contribution in [3.63, 3.8) is 0 Å². The van der Waals surface area contributed by atoms with E-state index in [1.807, 2.05) is 0 Å². The number of carbonyl (C=O) groups is 1. The zero-order chi connectivity index (χ0) is 10.1. The van der Waals surface area contributed by atoms with Crippen LogP contribution in [0.1, 0.15) is 35.8 Å². The van der Waals surface area contributed by atoms with Gasteiger partial charge in [-0.25, -0.2) is 9.48 Å². The lowest BCUT2D eigenvalue weighted by Gasteiger charge is -2.14. The normalized spacial score (nSPS) is 26.6. The molecule has 0 radical (unpaired) electrons. The maximum Gasteiger partial charge on any atom is 0.358 e. The number of hydrogen-bond acceptors (Lipinski definition) is 4. The Labute approximate surface area is 80.7 Å². The number of aromatic nitrogens is 3. The van der Waals surface area contributed by atoms with Crippen LogP contribution in [0.5, 0.6) is 0 Å². The molecule has 14 heavy (non-hydrogen) atoms. The SMILES string of the molecule is N[C@@H]1CCC[C@H]1n1cc(C(=O)O)nn1. The van der Waals surface area contributed by atoms with Gasteiger partial charge in [-0.05, 0) is 19.3 Å². The van der Waals surface area contributed by atoms with E-state index in [-0.39, 0.29) is 17.8 Å². The molecule has 1 heterocycles. The zero-order valence-electron chi connectivity index (χ0n) is 7.63. The molecule has 1 aromatic rings. The number of nitrogens with zero attached hydrogens (tertiary/aromatic N) is 3. The molecule has 0 aromatic carbocycles. The third-order valence-corrected chi connectivity index (χ3v) is 2.60. The topological polar surface area (TPSA) is 94.0 Å². The van der Waals surface area contributed by atoms with Crippen LogP contribution in [0.25, 0.3) is 0 Å². The summed E-state index contributed by atoms with van der Waals surface area (Å²) in [5, 5.41) is 16.0. The second-order valence-corrected chi connectivity index (χ2v) is 3.55. The Balaban J connectivity index is 2.20. The third kappa shape index (κ3) is 1.48. The molecule has 2 atom stereocenters. The summed E-state index contributed by atoms with van der Waals surface area (Å²) in [6.45, 7) is 0. The fourth-order valence-corrected chi connectivity index (χ4v) is 1.83. The smallest absolute Gasteiger partial charge is 0.358 e. The van der Waals surface area contributed by atoms with Crippen LogP contribution < -0.4 is 5.73 Å². The molecule has 2 rings (SSSR count). The molecule has 3 N–H and O–H groups in total. The van der Waals surface area contributed by atoms with Gasteiger partial charge < -0.3 is 10.8 Å². The molecule has 76 valence electrons. The second-order valence-electron chi connectivity index (χ2n) is 3.55. The van der Waals surface area contributed by atoms with Crippen molar-refractivity contribution in [1.82, 2.24) is 15.0 Å². The van der Waals surface area contributed by atoms with E-state index in [1.54, 1.807) is 4.68 Å². The van der Waals surface area contributed by atoms with Gasteiger partial charge in [-0.2, -0.15) is 0 Å². The quantitative estimate of drug-likeness (QED) is 0.695. The number of carboxylic acid groups (broad SMARTS) is 1. The Kier molecular flexibility index (Phi) is 2.20. The van der Waals surface area contributed by atoms with Crippen LogP contribution in [0.3, 0.4) is 0 Å². The summed E-state index contributed by atoms with van der Waals surface area (Å²) in [4.78, 5) is 10.6. The van der Waals surface area contributed by atoms with Gasteiger partial charge in [0.05, 0.1) is 12.2 Å². The lowest BCUT2D eigenvalue weighted by molar-refractivity contribution is 0.0690. The van der Waals surface area contributed by atoms with Crippen LogP contribution in [0.2, 0.25) is 0 Å². The lowest BCUT2D eigenvalue weighted by Crippen LogP contribution is -2.27. The van der Waals surface area contributed by atoms with E-state index in [9.17, 15) is 4.79 Å². The minimum absolute atomic E-state index is 0.0240. The van der Waals surface area contributed by atoms with Gasteiger partial charge in [-0.15, -0.1) is 5.10 Å². The van der Waals surface area contributed by atoms with Crippen molar-refractivity contribution in [2.45, 2.75) is 31.3 Å². The summed E-state index contributed by atoms with van der Waals surface area (Å²) in [6.07, 6.45) is 4.42. The largest absolute Gasteiger partial charge is 0.476 e. The second kappa shape index (κ2) is 3.38. The number of aromatic carboxylic acids is 1. The van der Waals surface area contributed by atoms with Crippen LogP contribution in [0.4, 0.5) is 0 Å². The number of hydrogen-bond donors (Lipinski definition) is 2. The molecule has 0 saturated heterocycles. The van der Waals surface area contributed by atoms with Gasteiger partial charge in [0.1, 0.15) is 0 Å². The van der Waals surface area contributed by atoms with Crippen molar-refractivity contribution in [2.24, 2.45) is 5.73 Å². The van der Waals surface area contributed by atoms with E-state index in [0.29, 0.717) is 0 Å². The van der Waals surface area contributed by atoms with E-state index >= 15 is 0 Å². The monoisotopic (exact) mass is 196 g/mol. The molecule has 0 aliphatic heterocycles. The molecule has 1 saturated carbocycles. The lowest BCUT2D eigenvalue weighted by atomic mass is 10.2. The van der Waals surface area contributed by atoms with Gasteiger partial charge in [-0.3, -0.25) is 0 Å². The van der Waals surface area contributed by atoms with Crippen molar-refractivity contribution in [2.75, 3.05) is 0 Å². The molecular formula is C8H12N4O2. The summed E-state index contributed by atoms with van der Waals surface area (Å²) >= 11 is 0. The fraction of sp³-hybridized carbons (Fsp3) is 0.625. The molecule has 0 spiro atoms. The molecule has 6 heteroatoms. The average Bonchev–Trinajstić information content (AvgIpc) is 2.71. The zero-order valence-corrected chi connectivity index (χ0v) is 7.63. The van der Waals surface area contributed by atoms with E-state index in [0.717, 1.165) is 19.3 Å². The molecule has 1 fully saturated rings. The summed E-state index contributed by atoms with van der Waals surface area (Å²) in [5.41, 5.74) is 5.84. The first kappa shape index (κ1) is 9.14. The van der Waals surface area contributed by atoms with Crippen LogP contribution in [0, 0.1) is 0 Å². The highest BCUT2D eigenvalue weighted by Crippen LogP contribution is 2.27. The Morgan fingerprint density at radius 2 is 2.43 bits per heavy atom. The van der Waals surface area contributed by atoms with E-state index in [1.165, 1.54) is 6.20 Å². The van der Waals surface area contributed by atoms with Crippen LogP contribution in [-0.2, 0) is 0 Å². The third-order valence-electron chi connectivity index (χ3n) is 2.60. The highest BCUT2D eigenvalue weighted by Gasteiger charge is 2.27. The van der Waals surface area contributed by atoms with Crippen molar-refractivity contribution < 1.29 is 9.90 Å². The van der Waals surface area contributed by atoms with Crippen LogP contribution in [-0.4, -0.2) is 32.1 Å². The molecule has 1 aliphatic rings. The maximum absolute atomic E-state index is 10.6. The Bertz CT molecular complexity index is 349. The Hall–Kier alpha value is -1.43. The van der Waals surface area contributed by atoms with Crippen LogP contribution in [0.15, 0.2) is 6.20 Å². The predicted molar refractivity (Wildman–Crippen MR) is 47.8 cm³/mol. The van der Waals surface area contributed by atoms with Gasteiger partial charge in [0.25, 0.3) is 0 Å². The molecule has 6 nitrogen and oxygen atoms in total. The summed E-state index contributed by atoms with van der Waals surface area (Å²) in [7, 11) is 0. The maximum atomic E-state index is 10.6. The average molecular weight is 196 g/mol. The predicted octanol–water partition coefficient (Wildman–Crippen LogP) is 0.0286. The van der Waals surface area contributed by atoms with Crippen molar-refractivity contribution in [3.8, 4) is 0 Å². The summed E-state index contributed by atoms with van der Waals surface area (Å²) in [6, 6.07) is 0.175. The highest BCUT2D eigenvalue weighted by atomic mass is 16.4. The van der Waals surface area contributed by atoms with Gasteiger partial charge in [0.15, 0.2) is 5.69 Å². The van der Waals surface area contributed by atoms with E-state index in [4.69, 9.17) is 10.8 Å². The van der Waals surface area contributed by atoms with Crippen LogP contribution >= 0.6 is 0 Å². The minimum atomic E-state index is -1.05. The Morgan fingerprint density at radius 1 is 1.64 bits per heavy atom. The standard InChI is InChI=1S/C8H12N4O2/c9-5-2-1-3-7(5)12-4-6(8(13)14)10-11-12/h4-5,7H,1-3,9H2,(H,13,14)/t5-,7-/m1/s1. The molecule has 1 aliphatic carbocycles. The first-order valence-electron chi connectivity index (χ1n) is 4.59. The molecular weight excluding hydrogens is 184 g/mol. The molecule has 0 bridgehead atoms. The number of carboxylic acids is 1.